The molecule has 5 nitrogen and oxygen atoms in total. The minimum atomic E-state index is 0.0307. The predicted molar refractivity (Wildman–Crippen MR) is 140 cm³/mol. The third kappa shape index (κ3) is 6.70. The van der Waals surface area contributed by atoms with Crippen LogP contribution in [-0.4, -0.2) is 28.6 Å². The fourth-order valence-corrected chi connectivity index (χ4v) is 4.75. The van der Waals surface area contributed by atoms with Gasteiger partial charge < -0.3 is 14.6 Å². The van der Waals surface area contributed by atoms with Crippen LogP contribution in [0.5, 0.6) is 5.75 Å². The van der Waals surface area contributed by atoms with Gasteiger partial charge in [0.05, 0.1) is 22.5 Å². The number of amides is 1. The van der Waals surface area contributed by atoms with Crippen LogP contribution in [0.15, 0.2) is 66.0 Å². The Labute approximate surface area is 205 Å². The first-order valence-corrected chi connectivity index (χ1v) is 13.0. The average Bonchev–Trinajstić information content (AvgIpc) is 3.50. The zero-order chi connectivity index (χ0) is 23.6. The van der Waals surface area contributed by atoms with Gasteiger partial charge in [-0.15, -0.1) is 11.3 Å². The van der Waals surface area contributed by atoms with E-state index in [1.54, 1.807) is 0 Å². The quantitative estimate of drug-likeness (QED) is 0.227. The number of thiophene rings is 1. The van der Waals surface area contributed by atoms with Gasteiger partial charge in [0, 0.05) is 19.5 Å². The Morgan fingerprint density at radius 3 is 2.76 bits per heavy atom. The summed E-state index contributed by atoms with van der Waals surface area (Å²) in [6.07, 6.45) is 6.12. The third-order valence-corrected chi connectivity index (χ3v) is 6.74. The first-order chi connectivity index (χ1) is 16.7. The molecule has 0 unspecified atom stereocenters. The highest BCUT2D eigenvalue weighted by Crippen LogP contribution is 2.19. The molecule has 178 valence electrons. The molecule has 1 amide bonds. The van der Waals surface area contributed by atoms with E-state index in [2.05, 4.69) is 53.2 Å². The van der Waals surface area contributed by atoms with Crippen molar-refractivity contribution in [3.63, 3.8) is 0 Å². The van der Waals surface area contributed by atoms with E-state index >= 15 is 0 Å². The largest absolute Gasteiger partial charge is 0.494 e. The zero-order valence-corrected chi connectivity index (χ0v) is 20.7. The summed E-state index contributed by atoms with van der Waals surface area (Å²) in [7, 11) is 0. The summed E-state index contributed by atoms with van der Waals surface area (Å²) >= 11 is 1.48. The second-order valence-electron chi connectivity index (χ2n) is 8.58. The van der Waals surface area contributed by atoms with Crippen LogP contribution in [0.25, 0.3) is 11.0 Å². The molecule has 2 aromatic heterocycles. The summed E-state index contributed by atoms with van der Waals surface area (Å²) in [6.45, 7) is 4.47. The Bertz CT molecular complexity index is 1180. The predicted octanol–water partition coefficient (Wildman–Crippen LogP) is 6.41. The highest BCUT2D eigenvalue weighted by atomic mass is 32.1. The monoisotopic (exact) mass is 475 g/mol. The molecule has 0 saturated heterocycles. The van der Waals surface area contributed by atoms with Gasteiger partial charge >= 0.3 is 0 Å². The number of aryl methyl sites for hydroxylation is 3. The second kappa shape index (κ2) is 12.4. The first-order valence-electron chi connectivity index (χ1n) is 12.2. The molecule has 0 fully saturated rings. The zero-order valence-electron chi connectivity index (χ0n) is 19.8. The maximum atomic E-state index is 12.0. The Kier molecular flexibility index (Phi) is 8.74. The number of fused-ring (bicyclic) bond motifs is 1. The number of para-hydroxylation sites is 2. The van der Waals surface area contributed by atoms with E-state index in [-0.39, 0.29) is 5.91 Å². The third-order valence-electron chi connectivity index (χ3n) is 5.88. The number of benzene rings is 2. The summed E-state index contributed by atoms with van der Waals surface area (Å²) in [5.74, 6) is 2.13. The molecule has 4 aromatic rings. The fraction of sp³-hybridized carbons (Fsp3) is 0.357. The molecular weight excluding hydrogens is 442 g/mol. The second-order valence-corrected chi connectivity index (χ2v) is 9.53. The number of nitrogens with one attached hydrogen (secondary N) is 1. The van der Waals surface area contributed by atoms with E-state index in [1.165, 1.54) is 22.4 Å². The SMILES string of the molecule is Cc1cccc(OCCCCn2c(CCCCCNC(=O)c3cccs3)nc3ccccc32)c1. The van der Waals surface area contributed by atoms with E-state index < -0.39 is 0 Å². The van der Waals surface area contributed by atoms with Crippen LogP contribution in [0.2, 0.25) is 0 Å². The highest BCUT2D eigenvalue weighted by Gasteiger charge is 2.10. The molecule has 6 heteroatoms. The number of carbonyl (C=O) groups is 1. The van der Waals surface area contributed by atoms with E-state index in [9.17, 15) is 4.79 Å². The van der Waals surface area contributed by atoms with Crippen molar-refractivity contribution in [2.24, 2.45) is 0 Å². The maximum absolute atomic E-state index is 12.0. The molecule has 0 spiro atoms. The molecular formula is C28H33N3O2S. The van der Waals surface area contributed by atoms with Gasteiger partial charge in [0.1, 0.15) is 11.6 Å². The highest BCUT2D eigenvalue weighted by molar-refractivity contribution is 7.12. The topological polar surface area (TPSA) is 56.1 Å². The minimum Gasteiger partial charge on any atom is -0.494 e. The average molecular weight is 476 g/mol. The van der Waals surface area contributed by atoms with Crippen molar-refractivity contribution in [2.45, 2.75) is 52.0 Å². The van der Waals surface area contributed by atoms with Gasteiger partial charge in [-0.3, -0.25) is 4.79 Å². The van der Waals surface area contributed by atoms with Gasteiger partial charge in [0.2, 0.25) is 0 Å². The number of rotatable bonds is 13. The molecule has 0 aliphatic heterocycles. The van der Waals surface area contributed by atoms with Crippen molar-refractivity contribution >= 4 is 28.3 Å². The van der Waals surface area contributed by atoms with Crippen LogP contribution < -0.4 is 10.1 Å². The number of aromatic nitrogens is 2. The van der Waals surface area contributed by atoms with Crippen molar-refractivity contribution in [3.8, 4) is 5.75 Å². The lowest BCUT2D eigenvalue weighted by Gasteiger charge is -2.11. The van der Waals surface area contributed by atoms with E-state index in [0.717, 1.165) is 73.6 Å². The Morgan fingerprint density at radius 1 is 1.00 bits per heavy atom. The van der Waals surface area contributed by atoms with Crippen LogP contribution in [0.4, 0.5) is 0 Å². The number of hydrogen-bond donors (Lipinski definition) is 1. The first kappa shape index (κ1) is 24.0. The van der Waals surface area contributed by atoms with Crippen LogP contribution >= 0.6 is 11.3 Å². The summed E-state index contributed by atoms with van der Waals surface area (Å²) in [4.78, 5) is 17.7. The maximum Gasteiger partial charge on any atom is 0.261 e. The molecule has 4 rings (SSSR count). The van der Waals surface area contributed by atoms with Gasteiger partial charge in [0.15, 0.2) is 0 Å². The van der Waals surface area contributed by atoms with E-state index in [0.29, 0.717) is 6.54 Å². The minimum absolute atomic E-state index is 0.0307. The molecule has 0 aliphatic rings. The molecule has 2 aromatic carbocycles. The summed E-state index contributed by atoms with van der Waals surface area (Å²) in [5.41, 5.74) is 3.49. The number of hydrogen-bond acceptors (Lipinski definition) is 4. The van der Waals surface area contributed by atoms with Crippen molar-refractivity contribution in [1.29, 1.82) is 0 Å². The molecule has 0 atom stereocenters. The number of ether oxygens (including phenoxy) is 1. The fourth-order valence-electron chi connectivity index (χ4n) is 4.11. The number of unbranched alkanes of at least 4 members (excludes halogenated alkanes) is 3. The number of carbonyl (C=O) groups excluding carboxylic acids is 1. The lowest BCUT2D eigenvalue weighted by molar-refractivity contribution is 0.0957. The summed E-state index contributed by atoms with van der Waals surface area (Å²) in [6, 6.07) is 20.4. The number of nitrogens with zero attached hydrogens (tertiary/aromatic N) is 2. The van der Waals surface area contributed by atoms with Gasteiger partial charge in [-0.25, -0.2) is 4.98 Å². The van der Waals surface area contributed by atoms with Gasteiger partial charge in [0.25, 0.3) is 5.91 Å². The van der Waals surface area contributed by atoms with Crippen LogP contribution in [0, 0.1) is 6.92 Å². The van der Waals surface area contributed by atoms with E-state index in [4.69, 9.17) is 9.72 Å². The Hall–Kier alpha value is -3.12. The lowest BCUT2D eigenvalue weighted by Crippen LogP contribution is -2.23. The summed E-state index contributed by atoms with van der Waals surface area (Å²) < 4.78 is 8.29. The molecule has 0 aliphatic carbocycles. The van der Waals surface area contributed by atoms with Crippen LogP contribution in [-0.2, 0) is 13.0 Å². The summed E-state index contributed by atoms with van der Waals surface area (Å²) in [5, 5.41) is 4.94. The van der Waals surface area contributed by atoms with Crippen LogP contribution in [0.1, 0.15) is 53.2 Å². The molecule has 34 heavy (non-hydrogen) atoms. The Morgan fingerprint density at radius 2 is 1.91 bits per heavy atom. The molecule has 0 saturated carbocycles. The number of imidazole rings is 1. The van der Waals surface area contributed by atoms with Crippen molar-refractivity contribution < 1.29 is 9.53 Å². The van der Waals surface area contributed by atoms with E-state index in [1.807, 2.05) is 29.6 Å². The molecule has 0 bridgehead atoms. The molecule has 0 radical (unpaired) electrons. The normalized spacial score (nSPS) is 11.1. The van der Waals surface area contributed by atoms with Crippen molar-refractivity contribution in [1.82, 2.24) is 14.9 Å². The van der Waals surface area contributed by atoms with Crippen molar-refractivity contribution in [3.05, 3.63) is 82.3 Å². The smallest absolute Gasteiger partial charge is 0.261 e. The van der Waals surface area contributed by atoms with Gasteiger partial charge in [-0.2, -0.15) is 0 Å². The standard InChI is InChI=1S/C28H33N3O2S/c1-22-11-9-12-23(21-22)33-19-8-7-18-31-25-14-5-4-13-24(25)30-27(31)16-3-2-6-17-29-28(32)26-15-10-20-34-26/h4-5,9-15,20-21H,2-3,6-8,16-19H2,1H3,(H,29,32). The van der Waals surface area contributed by atoms with Crippen LogP contribution in [0.3, 0.4) is 0 Å². The van der Waals surface area contributed by atoms with Crippen molar-refractivity contribution in [2.75, 3.05) is 13.2 Å². The Balaban J connectivity index is 1.22. The van der Waals surface area contributed by atoms with Gasteiger partial charge in [-0.05, 0) is 73.9 Å². The van der Waals surface area contributed by atoms with Gasteiger partial charge in [-0.1, -0.05) is 36.8 Å². The lowest BCUT2D eigenvalue weighted by atomic mass is 10.2. The molecule has 2 heterocycles. The molecule has 1 N–H and O–H groups in total.